The number of fused-ring (bicyclic) bond motifs is 1. The molecule has 1 heteroatoms. The summed E-state index contributed by atoms with van der Waals surface area (Å²) in [6.45, 7) is 14.6. The molecule has 1 nitrogen and oxygen atoms in total. The first-order chi connectivity index (χ1) is 14.6. The van der Waals surface area contributed by atoms with Gasteiger partial charge in [-0.1, -0.05) is 114 Å². The molecule has 1 aliphatic rings. The number of hydrogen-bond donors (Lipinski definition) is 1. The minimum Gasteiger partial charge on any atom is -0.309 e. The summed E-state index contributed by atoms with van der Waals surface area (Å²) in [6, 6.07) is 28.0. The standard InChI is InChI=1S/C30H37N/c1-29(2,3)25-15-11-21(12-16-25)28(22-13-17-26(18-14-22)30(4,5)6)27-19-23-9-7-8-10-24(23)20-31-27/h7-18,27-28,31H,19-20H2,1-6H3. The van der Waals surface area contributed by atoms with Gasteiger partial charge in [0, 0.05) is 18.5 Å². The summed E-state index contributed by atoms with van der Waals surface area (Å²) in [6.07, 6.45) is 1.06. The van der Waals surface area contributed by atoms with E-state index in [2.05, 4.69) is 120 Å². The minimum absolute atomic E-state index is 0.171. The van der Waals surface area contributed by atoms with Gasteiger partial charge in [0.2, 0.25) is 0 Å². The van der Waals surface area contributed by atoms with E-state index in [1.54, 1.807) is 0 Å². The van der Waals surface area contributed by atoms with E-state index >= 15 is 0 Å². The highest BCUT2D eigenvalue weighted by molar-refractivity contribution is 5.41. The van der Waals surface area contributed by atoms with Gasteiger partial charge in [0.05, 0.1) is 0 Å². The molecule has 31 heavy (non-hydrogen) atoms. The first-order valence-corrected chi connectivity index (χ1v) is 11.6. The molecule has 0 saturated heterocycles. The number of nitrogens with one attached hydrogen (secondary N) is 1. The Kier molecular flexibility index (Phi) is 5.83. The van der Waals surface area contributed by atoms with Crippen molar-refractivity contribution >= 4 is 0 Å². The van der Waals surface area contributed by atoms with Crippen LogP contribution in [0.5, 0.6) is 0 Å². The number of hydrogen-bond acceptors (Lipinski definition) is 1. The third-order valence-corrected chi connectivity index (χ3v) is 6.79. The number of benzene rings is 3. The van der Waals surface area contributed by atoms with Crippen molar-refractivity contribution in [3.8, 4) is 0 Å². The van der Waals surface area contributed by atoms with Crippen LogP contribution in [0.2, 0.25) is 0 Å². The molecule has 0 saturated carbocycles. The predicted octanol–water partition coefficient (Wildman–Crippen LogP) is 7.13. The van der Waals surface area contributed by atoms with Crippen molar-refractivity contribution in [1.29, 1.82) is 0 Å². The lowest BCUT2D eigenvalue weighted by Gasteiger charge is -2.34. The molecule has 1 heterocycles. The normalized spacial score (nSPS) is 16.9. The van der Waals surface area contributed by atoms with Gasteiger partial charge < -0.3 is 5.32 Å². The summed E-state index contributed by atoms with van der Waals surface area (Å²) in [7, 11) is 0. The summed E-state index contributed by atoms with van der Waals surface area (Å²) < 4.78 is 0. The van der Waals surface area contributed by atoms with Gasteiger partial charge in [-0.15, -0.1) is 0 Å². The van der Waals surface area contributed by atoms with Crippen LogP contribution in [-0.2, 0) is 23.8 Å². The molecular weight excluding hydrogens is 374 g/mol. The zero-order valence-corrected chi connectivity index (χ0v) is 20.0. The molecule has 0 radical (unpaired) electrons. The molecule has 0 aromatic heterocycles. The lowest BCUT2D eigenvalue weighted by atomic mass is 9.77. The predicted molar refractivity (Wildman–Crippen MR) is 133 cm³/mol. The molecule has 1 N–H and O–H groups in total. The molecule has 0 aliphatic carbocycles. The van der Waals surface area contributed by atoms with Crippen LogP contribution in [-0.4, -0.2) is 6.04 Å². The van der Waals surface area contributed by atoms with E-state index < -0.39 is 0 Å². The van der Waals surface area contributed by atoms with Gasteiger partial charge in [-0.05, 0) is 50.6 Å². The fourth-order valence-corrected chi connectivity index (χ4v) is 4.75. The second-order valence-electron chi connectivity index (χ2n) is 11.2. The molecule has 0 amide bonds. The van der Waals surface area contributed by atoms with Crippen molar-refractivity contribution < 1.29 is 0 Å². The van der Waals surface area contributed by atoms with E-state index in [0.717, 1.165) is 13.0 Å². The van der Waals surface area contributed by atoms with Gasteiger partial charge in [0.1, 0.15) is 0 Å². The van der Waals surface area contributed by atoms with Gasteiger partial charge in [0.25, 0.3) is 0 Å². The smallest absolute Gasteiger partial charge is 0.0246 e. The van der Waals surface area contributed by atoms with Gasteiger partial charge in [-0.3, -0.25) is 0 Å². The molecule has 1 unspecified atom stereocenters. The van der Waals surface area contributed by atoms with Crippen molar-refractivity contribution in [2.24, 2.45) is 0 Å². The Morgan fingerprint density at radius 2 is 1.10 bits per heavy atom. The highest BCUT2D eigenvalue weighted by atomic mass is 14.9. The second-order valence-corrected chi connectivity index (χ2v) is 11.2. The summed E-state index contributed by atoms with van der Waals surface area (Å²) in [4.78, 5) is 0. The third kappa shape index (κ3) is 4.77. The molecule has 1 aliphatic heterocycles. The van der Waals surface area contributed by atoms with Crippen LogP contribution in [0, 0.1) is 0 Å². The van der Waals surface area contributed by atoms with Crippen molar-refractivity contribution in [3.05, 3.63) is 106 Å². The Bertz CT molecular complexity index is 956. The molecule has 3 aromatic rings. The van der Waals surface area contributed by atoms with Crippen LogP contribution in [0.25, 0.3) is 0 Å². The first kappa shape index (κ1) is 21.8. The molecule has 3 aromatic carbocycles. The Hall–Kier alpha value is -2.38. The average molecular weight is 412 g/mol. The Balaban J connectivity index is 1.72. The maximum atomic E-state index is 3.86. The molecule has 0 fully saturated rings. The second kappa shape index (κ2) is 8.28. The Morgan fingerprint density at radius 3 is 1.55 bits per heavy atom. The van der Waals surface area contributed by atoms with Gasteiger partial charge in [0.15, 0.2) is 0 Å². The topological polar surface area (TPSA) is 12.0 Å². The van der Waals surface area contributed by atoms with Crippen molar-refractivity contribution in [1.82, 2.24) is 5.32 Å². The van der Waals surface area contributed by atoms with Crippen LogP contribution in [0.1, 0.15) is 80.8 Å². The lowest BCUT2D eigenvalue weighted by molar-refractivity contribution is 0.438. The molecular formula is C30H37N. The van der Waals surface area contributed by atoms with Gasteiger partial charge in [-0.25, -0.2) is 0 Å². The van der Waals surface area contributed by atoms with Gasteiger partial charge >= 0.3 is 0 Å². The van der Waals surface area contributed by atoms with E-state index in [9.17, 15) is 0 Å². The fraction of sp³-hybridized carbons (Fsp3) is 0.400. The lowest BCUT2D eigenvalue weighted by Crippen LogP contribution is -2.40. The zero-order chi connectivity index (χ0) is 22.2. The summed E-state index contributed by atoms with van der Waals surface area (Å²) >= 11 is 0. The molecule has 1 atom stereocenters. The van der Waals surface area contributed by atoms with E-state index in [0.29, 0.717) is 12.0 Å². The van der Waals surface area contributed by atoms with Crippen LogP contribution >= 0.6 is 0 Å². The van der Waals surface area contributed by atoms with E-state index in [1.807, 2.05) is 0 Å². The van der Waals surface area contributed by atoms with Crippen LogP contribution in [0.15, 0.2) is 72.8 Å². The van der Waals surface area contributed by atoms with Crippen molar-refractivity contribution in [3.63, 3.8) is 0 Å². The van der Waals surface area contributed by atoms with Crippen molar-refractivity contribution in [2.45, 2.75) is 77.3 Å². The van der Waals surface area contributed by atoms with Crippen LogP contribution < -0.4 is 5.32 Å². The van der Waals surface area contributed by atoms with Crippen molar-refractivity contribution in [2.75, 3.05) is 0 Å². The first-order valence-electron chi connectivity index (χ1n) is 11.6. The monoisotopic (exact) mass is 411 g/mol. The van der Waals surface area contributed by atoms with E-state index in [-0.39, 0.29) is 10.8 Å². The fourth-order valence-electron chi connectivity index (χ4n) is 4.75. The largest absolute Gasteiger partial charge is 0.309 e. The quantitative estimate of drug-likeness (QED) is 0.483. The zero-order valence-electron chi connectivity index (χ0n) is 20.0. The molecule has 162 valence electrons. The maximum Gasteiger partial charge on any atom is 0.0246 e. The number of rotatable bonds is 3. The summed E-state index contributed by atoms with van der Waals surface area (Å²) in [5, 5.41) is 3.86. The SMILES string of the molecule is CC(C)(C)c1ccc(C(c2ccc(C(C)(C)C)cc2)C2Cc3ccccc3CN2)cc1. The van der Waals surface area contributed by atoms with E-state index in [1.165, 1.54) is 33.4 Å². The summed E-state index contributed by atoms with van der Waals surface area (Å²) in [5.74, 6) is 0.330. The van der Waals surface area contributed by atoms with E-state index in [4.69, 9.17) is 0 Å². The minimum atomic E-state index is 0.171. The highest BCUT2D eigenvalue weighted by Gasteiger charge is 2.29. The maximum absolute atomic E-state index is 3.86. The summed E-state index contributed by atoms with van der Waals surface area (Å²) in [5.41, 5.74) is 8.83. The molecule has 0 spiro atoms. The molecule has 0 bridgehead atoms. The van der Waals surface area contributed by atoms with Crippen LogP contribution in [0.4, 0.5) is 0 Å². The Labute approximate surface area is 188 Å². The third-order valence-electron chi connectivity index (χ3n) is 6.79. The average Bonchev–Trinajstić information content (AvgIpc) is 2.73. The Morgan fingerprint density at radius 1 is 0.645 bits per heavy atom. The molecule has 4 rings (SSSR count). The highest BCUT2D eigenvalue weighted by Crippen LogP contribution is 2.35. The van der Waals surface area contributed by atoms with Gasteiger partial charge in [-0.2, -0.15) is 0 Å². The van der Waals surface area contributed by atoms with Crippen LogP contribution in [0.3, 0.4) is 0 Å².